The SMILES string of the molecule is Cc1ccccc1[C@H]1C=C2Nc3ncnn3[C@H](c3ccccc3F)[C@H]2C(=O)C1. The zero-order valence-electron chi connectivity index (χ0n) is 15.3. The van der Waals surface area contributed by atoms with E-state index in [1.165, 1.54) is 12.4 Å². The third-order valence-electron chi connectivity index (χ3n) is 5.70. The average Bonchev–Trinajstić information content (AvgIpc) is 3.15. The van der Waals surface area contributed by atoms with Crippen molar-refractivity contribution in [2.24, 2.45) is 5.92 Å². The number of hydrogen-bond acceptors (Lipinski definition) is 4. The van der Waals surface area contributed by atoms with Gasteiger partial charge in [0.15, 0.2) is 0 Å². The molecule has 0 amide bonds. The van der Waals surface area contributed by atoms with E-state index in [9.17, 15) is 9.18 Å². The maximum atomic E-state index is 14.6. The molecule has 5 nitrogen and oxygen atoms in total. The van der Waals surface area contributed by atoms with Gasteiger partial charge in [-0.05, 0) is 24.1 Å². The quantitative estimate of drug-likeness (QED) is 0.737. The summed E-state index contributed by atoms with van der Waals surface area (Å²) in [6.07, 6.45) is 3.91. The van der Waals surface area contributed by atoms with E-state index in [1.807, 2.05) is 12.1 Å². The van der Waals surface area contributed by atoms with Crippen molar-refractivity contribution in [3.05, 3.63) is 89.1 Å². The third kappa shape index (κ3) is 2.56. The Hall–Kier alpha value is -3.28. The molecule has 3 atom stereocenters. The van der Waals surface area contributed by atoms with Crippen LogP contribution < -0.4 is 5.32 Å². The minimum absolute atomic E-state index is 0.0109. The average molecular weight is 374 g/mol. The number of aryl methyl sites for hydroxylation is 1. The summed E-state index contributed by atoms with van der Waals surface area (Å²) in [7, 11) is 0. The van der Waals surface area contributed by atoms with Gasteiger partial charge >= 0.3 is 0 Å². The maximum absolute atomic E-state index is 14.6. The van der Waals surface area contributed by atoms with Crippen LogP contribution in [0.1, 0.15) is 35.1 Å². The molecule has 5 rings (SSSR count). The first-order valence-corrected chi connectivity index (χ1v) is 9.34. The summed E-state index contributed by atoms with van der Waals surface area (Å²) < 4.78 is 16.3. The molecule has 0 saturated heterocycles. The number of carbonyl (C=O) groups excluding carboxylic acids is 1. The van der Waals surface area contributed by atoms with Gasteiger partial charge in [0.05, 0.1) is 12.0 Å². The van der Waals surface area contributed by atoms with Gasteiger partial charge in [0.1, 0.15) is 17.9 Å². The highest BCUT2D eigenvalue weighted by atomic mass is 19.1. The molecule has 0 radical (unpaired) electrons. The normalized spacial score (nSPS) is 23.4. The molecule has 0 spiro atoms. The molecule has 2 heterocycles. The van der Waals surface area contributed by atoms with Crippen LogP contribution in [0.4, 0.5) is 10.3 Å². The minimum atomic E-state index is -0.545. The van der Waals surface area contributed by atoms with Gasteiger partial charge in [-0.25, -0.2) is 9.07 Å². The van der Waals surface area contributed by atoms with Crippen molar-refractivity contribution in [1.29, 1.82) is 0 Å². The number of nitrogens with one attached hydrogen (secondary N) is 1. The molecule has 6 heteroatoms. The topological polar surface area (TPSA) is 59.8 Å². The van der Waals surface area contributed by atoms with Crippen LogP contribution in [-0.2, 0) is 4.79 Å². The molecular weight excluding hydrogens is 355 g/mol. The largest absolute Gasteiger partial charge is 0.328 e. The Balaban J connectivity index is 1.65. The summed E-state index contributed by atoms with van der Waals surface area (Å²) in [5, 5.41) is 7.52. The fourth-order valence-corrected chi connectivity index (χ4v) is 4.40. The molecule has 1 aromatic heterocycles. The summed E-state index contributed by atoms with van der Waals surface area (Å²) in [6.45, 7) is 2.05. The molecule has 140 valence electrons. The first-order chi connectivity index (χ1) is 13.6. The van der Waals surface area contributed by atoms with E-state index in [-0.39, 0.29) is 17.5 Å². The first-order valence-electron chi connectivity index (χ1n) is 9.34. The standard InChI is InChI=1S/C22H19FN4O/c1-13-6-2-3-7-15(13)14-10-18-20(19(28)11-14)21(16-8-4-5-9-17(16)23)27-22(26-18)24-12-25-27/h2-10,12,14,20-21H,11H2,1H3,(H,24,25,26)/t14-,20+,21+/m0/s1. The lowest BCUT2D eigenvalue weighted by Gasteiger charge is -2.38. The number of ketones is 1. The molecule has 1 N–H and O–H groups in total. The molecule has 0 saturated carbocycles. The zero-order valence-corrected chi connectivity index (χ0v) is 15.3. The van der Waals surface area contributed by atoms with Crippen LogP contribution in [0.15, 0.2) is 66.6 Å². The van der Waals surface area contributed by atoms with Crippen LogP contribution in [0.25, 0.3) is 0 Å². The number of allylic oxidation sites excluding steroid dienone is 2. The van der Waals surface area contributed by atoms with Gasteiger partial charge in [-0.1, -0.05) is 48.5 Å². The molecule has 0 unspecified atom stereocenters. The van der Waals surface area contributed by atoms with Gasteiger partial charge in [0, 0.05) is 23.6 Å². The van der Waals surface area contributed by atoms with Crippen LogP contribution in [0.5, 0.6) is 0 Å². The number of hydrogen-bond donors (Lipinski definition) is 1. The monoisotopic (exact) mass is 374 g/mol. The van der Waals surface area contributed by atoms with Crippen LogP contribution in [0.2, 0.25) is 0 Å². The molecule has 3 aromatic rings. The van der Waals surface area contributed by atoms with E-state index in [1.54, 1.807) is 22.9 Å². The molecular formula is C22H19FN4O. The number of fused-ring (bicyclic) bond motifs is 2. The molecule has 0 fully saturated rings. The number of aromatic nitrogens is 3. The smallest absolute Gasteiger partial charge is 0.226 e. The third-order valence-corrected chi connectivity index (χ3v) is 5.70. The number of nitrogens with zero attached hydrogens (tertiary/aromatic N) is 3. The van der Waals surface area contributed by atoms with Crippen LogP contribution in [0, 0.1) is 18.7 Å². The van der Waals surface area contributed by atoms with Crippen LogP contribution in [0.3, 0.4) is 0 Å². The summed E-state index contributed by atoms with van der Waals surface area (Å²) >= 11 is 0. The summed E-state index contributed by atoms with van der Waals surface area (Å²) in [5.74, 6) is -0.264. The van der Waals surface area contributed by atoms with Gasteiger partial charge in [0.25, 0.3) is 0 Å². The first kappa shape index (κ1) is 16.9. The van der Waals surface area contributed by atoms with Crippen molar-refractivity contribution in [2.75, 3.05) is 5.32 Å². The number of benzene rings is 2. The van der Waals surface area contributed by atoms with Crippen molar-refractivity contribution in [3.63, 3.8) is 0 Å². The Labute approximate surface area is 161 Å². The van der Waals surface area contributed by atoms with Gasteiger partial charge in [-0.15, -0.1) is 0 Å². The highest BCUT2D eigenvalue weighted by molar-refractivity contribution is 5.88. The van der Waals surface area contributed by atoms with Crippen molar-refractivity contribution in [2.45, 2.75) is 25.3 Å². The molecule has 2 aliphatic rings. The Kier molecular flexibility index (Phi) is 3.86. The zero-order chi connectivity index (χ0) is 19.3. The van der Waals surface area contributed by atoms with Crippen LogP contribution in [-0.4, -0.2) is 20.5 Å². The fraction of sp³-hybridized carbons (Fsp3) is 0.227. The molecule has 2 aromatic carbocycles. The van der Waals surface area contributed by atoms with E-state index in [2.05, 4.69) is 40.5 Å². The van der Waals surface area contributed by atoms with Crippen LogP contribution >= 0.6 is 0 Å². The predicted octanol–water partition coefficient (Wildman–Crippen LogP) is 4.00. The number of halogens is 1. The summed E-state index contributed by atoms with van der Waals surface area (Å²) in [6, 6.07) is 14.1. The van der Waals surface area contributed by atoms with E-state index in [0.29, 0.717) is 17.9 Å². The second-order valence-electron chi connectivity index (χ2n) is 7.35. The maximum Gasteiger partial charge on any atom is 0.226 e. The number of rotatable bonds is 2. The van der Waals surface area contributed by atoms with E-state index < -0.39 is 12.0 Å². The van der Waals surface area contributed by atoms with E-state index in [4.69, 9.17) is 0 Å². The number of carbonyl (C=O) groups is 1. The van der Waals surface area contributed by atoms with Gasteiger partial charge < -0.3 is 5.32 Å². The predicted molar refractivity (Wildman–Crippen MR) is 103 cm³/mol. The number of anilines is 1. The van der Waals surface area contributed by atoms with E-state index >= 15 is 0 Å². The Morgan fingerprint density at radius 2 is 1.86 bits per heavy atom. The van der Waals surface area contributed by atoms with Crippen molar-refractivity contribution in [3.8, 4) is 0 Å². The molecule has 28 heavy (non-hydrogen) atoms. The summed E-state index contributed by atoms with van der Waals surface area (Å²) in [4.78, 5) is 17.5. The lowest BCUT2D eigenvalue weighted by molar-refractivity contribution is -0.123. The molecule has 0 bridgehead atoms. The van der Waals surface area contributed by atoms with Gasteiger partial charge in [-0.2, -0.15) is 10.1 Å². The lowest BCUT2D eigenvalue weighted by atomic mass is 9.75. The molecule has 1 aliphatic carbocycles. The Bertz CT molecular complexity index is 1100. The lowest BCUT2D eigenvalue weighted by Crippen LogP contribution is -2.40. The van der Waals surface area contributed by atoms with Gasteiger partial charge in [0.2, 0.25) is 5.95 Å². The Morgan fingerprint density at radius 1 is 1.11 bits per heavy atom. The summed E-state index contributed by atoms with van der Waals surface area (Å²) in [5.41, 5.74) is 3.52. The second kappa shape index (κ2) is 6.41. The fourth-order valence-electron chi connectivity index (χ4n) is 4.40. The highest BCUT2D eigenvalue weighted by Gasteiger charge is 2.44. The highest BCUT2D eigenvalue weighted by Crippen LogP contribution is 2.44. The van der Waals surface area contributed by atoms with Crippen molar-refractivity contribution >= 4 is 11.7 Å². The Morgan fingerprint density at radius 3 is 2.64 bits per heavy atom. The van der Waals surface area contributed by atoms with Crippen molar-refractivity contribution < 1.29 is 9.18 Å². The number of Topliss-reactive ketones (excluding diaryl/α,β-unsaturated/α-hetero) is 1. The van der Waals surface area contributed by atoms with Crippen molar-refractivity contribution in [1.82, 2.24) is 14.8 Å². The second-order valence-corrected chi connectivity index (χ2v) is 7.35. The van der Waals surface area contributed by atoms with Gasteiger partial charge in [-0.3, -0.25) is 4.79 Å². The minimum Gasteiger partial charge on any atom is -0.328 e. The molecule has 1 aliphatic heterocycles. The van der Waals surface area contributed by atoms with E-state index in [0.717, 1.165) is 16.8 Å².